The van der Waals surface area contributed by atoms with Gasteiger partial charge in [0.25, 0.3) is 0 Å². The van der Waals surface area contributed by atoms with E-state index in [1.165, 1.54) is 0 Å². The van der Waals surface area contributed by atoms with Gasteiger partial charge < -0.3 is 5.32 Å². The minimum atomic E-state index is -4.06. The zero-order valence-corrected chi connectivity index (χ0v) is 12.7. The summed E-state index contributed by atoms with van der Waals surface area (Å²) in [5, 5.41) is 4.41. The predicted octanol–water partition coefficient (Wildman–Crippen LogP) is 5.25. The molecule has 0 saturated carbocycles. The van der Waals surface area contributed by atoms with Gasteiger partial charge in [-0.25, -0.2) is 0 Å². The van der Waals surface area contributed by atoms with Gasteiger partial charge in [-0.3, -0.25) is 0 Å². The van der Waals surface area contributed by atoms with Gasteiger partial charge in [-0.05, 0) is 50.4 Å². The summed E-state index contributed by atoms with van der Waals surface area (Å²) < 4.78 is 36.0. The first kappa shape index (κ1) is 17.6. The van der Waals surface area contributed by atoms with E-state index in [0.29, 0.717) is 23.0 Å². The molecule has 1 nitrogen and oxygen atoms in total. The minimum absolute atomic E-state index is 0.0587. The van der Waals surface area contributed by atoms with E-state index in [4.69, 9.17) is 23.2 Å². The summed E-state index contributed by atoms with van der Waals surface area (Å²) in [5.74, 6) is 0. The molecule has 0 aliphatic rings. The molecule has 1 unspecified atom stereocenters. The van der Waals surface area contributed by atoms with E-state index >= 15 is 0 Å². The quantitative estimate of drug-likeness (QED) is 0.721. The molecule has 0 bridgehead atoms. The van der Waals surface area contributed by atoms with Crippen molar-refractivity contribution in [3.63, 3.8) is 0 Å². The Labute approximate surface area is 127 Å². The lowest BCUT2D eigenvalue weighted by molar-refractivity contribution is -0.135. The number of nitrogens with one attached hydrogen (secondary N) is 1. The summed E-state index contributed by atoms with van der Waals surface area (Å²) in [7, 11) is 0. The molecule has 0 heterocycles. The average molecular weight is 328 g/mol. The maximum Gasteiger partial charge on any atom is 0.389 e. The zero-order valence-electron chi connectivity index (χ0n) is 11.2. The molecular weight excluding hydrogens is 310 g/mol. The summed E-state index contributed by atoms with van der Waals surface area (Å²) in [4.78, 5) is 0. The van der Waals surface area contributed by atoms with Crippen LogP contribution in [0.25, 0.3) is 0 Å². The van der Waals surface area contributed by atoms with E-state index in [-0.39, 0.29) is 12.5 Å². The Bertz CT molecular complexity index is 421. The smallest absolute Gasteiger partial charge is 0.314 e. The van der Waals surface area contributed by atoms with Crippen LogP contribution in [-0.2, 0) is 6.42 Å². The van der Waals surface area contributed by atoms with Gasteiger partial charge in [-0.1, -0.05) is 29.3 Å². The van der Waals surface area contributed by atoms with Crippen LogP contribution in [0.3, 0.4) is 0 Å². The van der Waals surface area contributed by atoms with Crippen LogP contribution in [0.2, 0.25) is 10.0 Å². The first-order valence-electron chi connectivity index (χ1n) is 6.52. The van der Waals surface area contributed by atoms with Crippen molar-refractivity contribution in [3.05, 3.63) is 33.8 Å². The van der Waals surface area contributed by atoms with Crippen molar-refractivity contribution in [2.75, 3.05) is 6.54 Å². The molecule has 0 spiro atoms. The monoisotopic (exact) mass is 327 g/mol. The largest absolute Gasteiger partial charge is 0.389 e. The summed E-state index contributed by atoms with van der Waals surface area (Å²) in [6.45, 7) is 2.56. The molecule has 0 fully saturated rings. The first-order chi connectivity index (χ1) is 9.28. The van der Waals surface area contributed by atoms with Crippen molar-refractivity contribution in [2.45, 2.75) is 44.8 Å². The Morgan fingerprint density at radius 2 is 1.95 bits per heavy atom. The molecule has 0 saturated heterocycles. The molecule has 0 aromatic heterocycles. The average Bonchev–Trinajstić information content (AvgIpc) is 2.30. The van der Waals surface area contributed by atoms with Crippen molar-refractivity contribution in [3.8, 4) is 0 Å². The molecule has 0 aliphatic heterocycles. The van der Waals surface area contributed by atoms with Crippen LogP contribution in [0.1, 0.15) is 31.7 Å². The van der Waals surface area contributed by atoms with Gasteiger partial charge in [0.2, 0.25) is 0 Å². The van der Waals surface area contributed by atoms with Gasteiger partial charge in [-0.2, -0.15) is 13.2 Å². The molecule has 1 aromatic rings. The molecule has 1 N–H and O–H groups in total. The van der Waals surface area contributed by atoms with Crippen molar-refractivity contribution >= 4 is 23.2 Å². The number of alkyl halides is 3. The zero-order chi connectivity index (χ0) is 15.2. The number of halogens is 5. The second-order valence-electron chi connectivity index (χ2n) is 4.85. The molecule has 1 rings (SSSR count). The Balaban J connectivity index is 2.23. The van der Waals surface area contributed by atoms with Crippen molar-refractivity contribution in [1.82, 2.24) is 5.32 Å². The summed E-state index contributed by atoms with van der Waals surface area (Å²) >= 11 is 11.8. The molecule has 0 radical (unpaired) electrons. The fourth-order valence-electron chi connectivity index (χ4n) is 1.89. The fraction of sp³-hybridized carbons (Fsp3) is 0.571. The first-order valence-corrected chi connectivity index (χ1v) is 7.27. The number of benzene rings is 1. The molecule has 20 heavy (non-hydrogen) atoms. The Morgan fingerprint density at radius 1 is 1.25 bits per heavy atom. The van der Waals surface area contributed by atoms with Crippen LogP contribution in [0.5, 0.6) is 0 Å². The lowest BCUT2D eigenvalue weighted by Gasteiger charge is -2.14. The maximum atomic E-state index is 12.0. The van der Waals surface area contributed by atoms with Crippen molar-refractivity contribution in [2.24, 2.45) is 0 Å². The fourth-order valence-corrected chi connectivity index (χ4v) is 2.39. The predicted molar refractivity (Wildman–Crippen MR) is 77.5 cm³/mol. The highest BCUT2D eigenvalue weighted by Crippen LogP contribution is 2.23. The van der Waals surface area contributed by atoms with Crippen molar-refractivity contribution in [1.29, 1.82) is 0 Å². The van der Waals surface area contributed by atoms with E-state index in [1.54, 1.807) is 12.1 Å². The van der Waals surface area contributed by atoms with Gasteiger partial charge in [0.15, 0.2) is 0 Å². The van der Waals surface area contributed by atoms with E-state index in [1.807, 2.05) is 13.0 Å². The standard InChI is InChI=1S/C14H18Cl2F3N/c1-10(3-2-7-14(17,18)19)20-8-6-11-4-5-12(15)9-13(11)16/h4-5,9-10,20H,2-3,6-8H2,1H3. The van der Waals surface area contributed by atoms with Gasteiger partial charge in [0, 0.05) is 22.5 Å². The highest BCUT2D eigenvalue weighted by Gasteiger charge is 2.26. The molecule has 114 valence electrons. The normalized spacial score (nSPS) is 13.5. The maximum absolute atomic E-state index is 12.0. The number of hydrogen-bond donors (Lipinski definition) is 1. The molecule has 1 atom stereocenters. The van der Waals surface area contributed by atoms with E-state index in [0.717, 1.165) is 12.0 Å². The second kappa shape index (κ2) is 8.11. The summed E-state index contributed by atoms with van der Waals surface area (Å²) in [6.07, 6.45) is -3.40. The van der Waals surface area contributed by atoms with E-state index < -0.39 is 12.6 Å². The van der Waals surface area contributed by atoms with Crippen LogP contribution in [0.4, 0.5) is 13.2 Å². The van der Waals surface area contributed by atoms with Gasteiger partial charge in [-0.15, -0.1) is 0 Å². The van der Waals surface area contributed by atoms with Crippen LogP contribution in [0.15, 0.2) is 18.2 Å². The SMILES string of the molecule is CC(CCCC(F)(F)F)NCCc1ccc(Cl)cc1Cl. The lowest BCUT2D eigenvalue weighted by atomic mass is 10.1. The van der Waals surface area contributed by atoms with Gasteiger partial charge in [0.1, 0.15) is 0 Å². The highest BCUT2D eigenvalue weighted by atomic mass is 35.5. The third-order valence-electron chi connectivity index (χ3n) is 3.00. The molecular formula is C14H18Cl2F3N. The third-order valence-corrected chi connectivity index (χ3v) is 3.59. The van der Waals surface area contributed by atoms with Gasteiger partial charge in [0.05, 0.1) is 0 Å². The lowest BCUT2D eigenvalue weighted by Crippen LogP contribution is -2.28. The van der Waals surface area contributed by atoms with Gasteiger partial charge >= 0.3 is 6.18 Å². The minimum Gasteiger partial charge on any atom is -0.314 e. The van der Waals surface area contributed by atoms with E-state index in [2.05, 4.69) is 5.32 Å². The number of rotatable bonds is 7. The Morgan fingerprint density at radius 3 is 2.55 bits per heavy atom. The topological polar surface area (TPSA) is 12.0 Å². The molecule has 1 aromatic carbocycles. The van der Waals surface area contributed by atoms with Crippen LogP contribution < -0.4 is 5.32 Å². The molecule has 0 aliphatic carbocycles. The van der Waals surface area contributed by atoms with Crippen LogP contribution in [0, 0.1) is 0 Å². The second-order valence-corrected chi connectivity index (χ2v) is 5.69. The summed E-state index contributed by atoms with van der Waals surface area (Å²) in [5.41, 5.74) is 0.978. The third kappa shape index (κ3) is 7.36. The van der Waals surface area contributed by atoms with Crippen LogP contribution >= 0.6 is 23.2 Å². The Hall–Kier alpha value is -0.450. The highest BCUT2D eigenvalue weighted by molar-refractivity contribution is 6.35. The molecule has 0 amide bonds. The molecule has 6 heteroatoms. The number of hydrogen-bond acceptors (Lipinski definition) is 1. The van der Waals surface area contributed by atoms with E-state index in [9.17, 15) is 13.2 Å². The van der Waals surface area contributed by atoms with Crippen LogP contribution in [-0.4, -0.2) is 18.8 Å². The Kier molecular flexibility index (Phi) is 7.13. The summed E-state index contributed by atoms with van der Waals surface area (Å²) in [6, 6.07) is 5.38. The van der Waals surface area contributed by atoms with Crippen molar-refractivity contribution < 1.29 is 13.2 Å².